The molecule has 0 radical (unpaired) electrons. The number of carbonyl (C=O) groups excluding carboxylic acids is 1. The molecule has 1 atom stereocenters. The van der Waals surface area contributed by atoms with Gasteiger partial charge in [0, 0.05) is 19.7 Å². The van der Waals surface area contributed by atoms with E-state index >= 15 is 0 Å². The Morgan fingerprint density at radius 1 is 1.13 bits per heavy atom. The second-order valence-corrected chi connectivity index (χ2v) is 5.53. The van der Waals surface area contributed by atoms with Crippen molar-refractivity contribution in [3.05, 3.63) is 0 Å². The second-order valence-electron chi connectivity index (χ2n) is 5.53. The first-order valence-electron chi connectivity index (χ1n) is 8.56. The average Bonchev–Trinajstić information content (AvgIpc) is 2.48. The summed E-state index contributed by atoms with van der Waals surface area (Å²) in [5, 5.41) is 9.27. The van der Waals surface area contributed by atoms with Crippen LogP contribution in [0.1, 0.15) is 41.0 Å². The van der Waals surface area contributed by atoms with Crippen molar-refractivity contribution in [1.29, 1.82) is 0 Å². The normalized spacial score (nSPS) is 12.9. The highest BCUT2D eigenvalue weighted by molar-refractivity contribution is 5.79. The molecule has 0 spiro atoms. The van der Waals surface area contributed by atoms with E-state index in [4.69, 9.17) is 9.47 Å². The summed E-state index contributed by atoms with van der Waals surface area (Å²) in [6, 6.07) is -0.0450. The third kappa shape index (κ3) is 12.7. The van der Waals surface area contributed by atoms with E-state index < -0.39 is 0 Å². The zero-order chi connectivity index (χ0) is 17.5. The van der Waals surface area contributed by atoms with Gasteiger partial charge in [-0.3, -0.25) is 4.99 Å². The van der Waals surface area contributed by atoms with Crippen LogP contribution in [0.4, 0.5) is 4.79 Å². The van der Waals surface area contributed by atoms with E-state index in [1.54, 1.807) is 6.92 Å². The van der Waals surface area contributed by atoms with Crippen LogP contribution in [0.25, 0.3) is 0 Å². The summed E-state index contributed by atoms with van der Waals surface area (Å²) in [5.74, 6) is 1.19. The molecule has 1 unspecified atom stereocenters. The van der Waals surface area contributed by atoms with Crippen molar-refractivity contribution >= 4 is 12.1 Å². The van der Waals surface area contributed by atoms with Crippen LogP contribution >= 0.6 is 0 Å². The number of carbonyl (C=O) groups is 1. The Bertz CT molecular complexity index is 335. The van der Waals surface area contributed by atoms with Gasteiger partial charge in [0.1, 0.15) is 0 Å². The molecule has 3 N–H and O–H groups in total. The maximum Gasteiger partial charge on any atom is 0.407 e. The van der Waals surface area contributed by atoms with Gasteiger partial charge in [-0.2, -0.15) is 0 Å². The van der Waals surface area contributed by atoms with Gasteiger partial charge in [-0.25, -0.2) is 4.79 Å². The molecule has 7 heteroatoms. The standard InChI is InChI=1S/C16H34N4O3/c1-6-17-15(18-9-10-22-7-2)19-12-14(11-13(4)5)20-16(21)23-8-3/h13-14H,6-12H2,1-5H3,(H,20,21)(H2,17,18,19). The van der Waals surface area contributed by atoms with Crippen LogP contribution in [0.15, 0.2) is 4.99 Å². The molecule has 0 aliphatic rings. The fourth-order valence-electron chi connectivity index (χ4n) is 2.02. The molecular formula is C16H34N4O3. The fraction of sp³-hybridized carbons (Fsp3) is 0.875. The zero-order valence-corrected chi connectivity index (χ0v) is 15.3. The molecule has 0 rings (SSSR count). The molecule has 0 aromatic rings. The maximum atomic E-state index is 11.6. The third-order valence-corrected chi connectivity index (χ3v) is 2.91. The number of amides is 1. The monoisotopic (exact) mass is 330 g/mol. The molecule has 136 valence electrons. The number of hydrogen-bond acceptors (Lipinski definition) is 4. The molecule has 23 heavy (non-hydrogen) atoms. The summed E-state index contributed by atoms with van der Waals surface area (Å²) >= 11 is 0. The van der Waals surface area contributed by atoms with Gasteiger partial charge in [0.05, 0.1) is 25.8 Å². The van der Waals surface area contributed by atoms with Crippen LogP contribution in [0.2, 0.25) is 0 Å². The molecule has 0 heterocycles. The van der Waals surface area contributed by atoms with Crippen molar-refractivity contribution in [3.8, 4) is 0 Å². The van der Waals surface area contributed by atoms with Crippen molar-refractivity contribution in [3.63, 3.8) is 0 Å². The summed E-state index contributed by atoms with van der Waals surface area (Å²) < 4.78 is 10.3. The van der Waals surface area contributed by atoms with Gasteiger partial charge in [-0.15, -0.1) is 0 Å². The van der Waals surface area contributed by atoms with Crippen LogP contribution in [-0.4, -0.2) is 57.5 Å². The minimum atomic E-state index is -0.386. The van der Waals surface area contributed by atoms with E-state index in [2.05, 4.69) is 34.8 Å². The predicted molar refractivity (Wildman–Crippen MR) is 93.9 cm³/mol. The summed E-state index contributed by atoms with van der Waals surface area (Å²) in [6.45, 7) is 13.7. The van der Waals surface area contributed by atoms with Crippen molar-refractivity contribution in [2.24, 2.45) is 10.9 Å². The Balaban J connectivity index is 4.53. The summed E-state index contributed by atoms with van der Waals surface area (Å²) in [6.07, 6.45) is 0.461. The lowest BCUT2D eigenvalue weighted by atomic mass is 10.0. The minimum Gasteiger partial charge on any atom is -0.450 e. The first-order valence-corrected chi connectivity index (χ1v) is 8.56. The van der Waals surface area contributed by atoms with E-state index in [0.29, 0.717) is 38.8 Å². The number of aliphatic imine (C=N–C) groups is 1. The van der Waals surface area contributed by atoms with E-state index in [0.717, 1.165) is 18.9 Å². The molecule has 0 fully saturated rings. The van der Waals surface area contributed by atoms with Crippen LogP contribution in [0.3, 0.4) is 0 Å². The van der Waals surface area contributed by atoms with Gasteiger partial charge < -0.3 is 25.4 Å². The lowest BCUT2D eigenvalue weighted by Crippen LogP contribution is -2.42. The van der Waals surface area contributed by atoms with Gasteiger partial charge in [0.2, 0.25) is 0 Å². The summed E-state index contributed by atoms with van der Waals surface area (Å²) in [5.41, 5.74) is 0. The van der Waals surface area contributed by atoms with Crippen molar-refractivity contribution in [2.75, 3.05) is 39.5 Å². The van der Waals surface area contributed by atoms with E-state index in [9.17, 15) is 4.79 Å². The van der Waals surface area contributed by atoms with E-state index in [1.807, 2.05) is 13.8 Å². The van der Waals surface area contributed by atoms with Crippen LogP contribution in [0, 0.1) is 5.92 Å². The Kier molecular flexibility index (Phi) is 13.2. The number of rotatable bonds is 11. The average molecular weight is 330 g/mol. The highest BCUT2D eigenvalue weighted by atomic mass is 16.5. The van der Waals surface area contributed by atoms with Crippen molar-refractivity contribution < 1.29 is 14.3 Å². The van der Waals surface area contributed by atoms with Gasteiger partial charge in [0.25, 0.3) is 0 Å². The van der Waals surface area contributed by atoms with Gasteiger partial charge in [-0.05, 0) is 33.1 Å². The molecule has 0 aromatic carbocycles. The van der Waals surface area contributed by atoms with Crippen LogP contribution in [-0.2, 0) is 9.47 Å². The number of guanidine groups is 1. The largest absolute Gasteiger partial charge is 0.450 e. The quantitative estimate of drug-likeness (QED) is 0.305. The molecule has 0 bridgehead atoms. The maximum absolute atomic E-state index is 11.6. The smallest absolute Gasteiger partial charge is 0.407 e. The van der Waals surface area contributed by atoms with E-state index in [1.165, 1.54) is 0 Å². The summed E-state index contributed by atoms with van der Waals surface area (Å²) in [4.78, 5) is 16.2. The van der Waals surface area contributed by atoms with Crippen LogP contribution in [0.5, 0.6) is 0 Å². The second kappa shape index (κ2) is 14.1. The van der Waals surface area contributed by atoms with Gasteiger partial charge >= 0.3 is 6.09 Å². The highest BCUT2D eigenvalue weighted by Crippen LogP contribution is 2.05. The molecule has 7 nitrogen and oxygen atoms in total. The third-order valence-electron chi connectivity index (χ3n) is 2.91. The molecule has 0 aliphatic carbocycles. The van der Waals surface area contributed by atoms with E-state index in [-0.39, 0.29) is 12.1 Å². The van der Waals surface area contributed by atoms with Crippen LogP contribution < -0.4 is 16.0 Å². The van der Waals surface area contributed by atoms with Crippen molar-refractivity contribution in [1.82, 2.24) is 16.0 Å². The Morgan fingerprint density at radius 3 is 2.43 bits per heavy atom. The molecule has 1 amide bonds. The first-order chi connectivity index (χ1) is 11.0. The number of nitrogens with one attached hydrogen (secondary N) is 3. The lowest BCUT2D eigenvalue weighted by molar-refractivity contribution is 0.147. The molecule has 0 saturated carbocycles. The molecule has 0 saturated heterocycles. The highest BCUT2D eigenvalue weighted by Gasteiger charge is 2.14. The fourth-order valence-corrected chi connectivity index (χ4v) is 2.02. The Labute approximate surface area is 140 Å². The number of nitrogens with zero attached hydrogens (tertiary/aromatic N) is 1. The predicted octanol–water partition coefficient (Wildman–Crippen LogP) is 1.74. The Hall–Kier alpha value is -1.50. The first kappa shape index (κ1) is 21.5. The van der Waals surface area contributed by atoms with Crippen molar-refractivity contribution in [2.45, 2.75) is 47.1 Å². The molecule has 0 aromatic heterocycles. The molecular weight excluding hydrogens is 296 g/mol. The minimum absolute atomic E-state index is 0.0450. The SMILES string of the molecule is CCNC(=NCC(CC(C)C)NC(=O)OCC)NCCOCC. The number of hydrogen-bond donors (Lipinski definition) is 3. The molecule has 0 aliphatic heterocycles. The topological polar surface area (TPSA) is 84.0 Å². The Morgan fingerprint density at radius 2 is 1.87 bits per heavy atom. The number of alkyl carbamates (subject to hydrolysis) is 1. The van der Waals surface area contributed by atoms with Gasteiger partial charge in [0.15, 0.2) is 5.96 Å². The summed E-state index contributed by atoms with van der Waals surface area (Å²) in [7, 11) is 0. The lowest BCUT2D eigenvalue weighted by Gasteiger charge is -2.19. The number of ether oxygens (including phenoxy) is 2. The zero-order valence-electron chi connectivity index (χ0n) is 15.3. The van der Waals surface area contributed by atoms with Gasteiger partial charge in [-0.1, -0.05) is 13.8 Å².